The van der Waals surface area contributed by atoms with E-state index in [2.05, 4.69) is 5.32 Å². The van der Waals surface area contributed by atoms with Crippen LogP contribution in [0.1, 0.15) is 10.4 Å². The Labute approximate surface area is 180 Å². The number of carbonyl (C=O) groups excluding carboxylic acids is 2. The van der Waals surface area contributed by atoms with Gasteiger partial charge in [-0.05, 0) is 12.1 Å². The third-order valence-electron chi connectivity index (χ3n) is 5.33. The smallest absolute Gasteiger partial charge is 0.257 e. The maximum atomic E-state index is 12.8. The molecule has 0 radical (unpaired) electrons. The van der Waals surface area contributed by atoms with Crippen LogP contribution in [0.15, 0.2) is 36.4 Å². The van der Waals surface area contributed by atoms with Crippen molar-refractivity contribution in [1.82, 2.24) is 9.80 Å². The van der Waals surface area contributed by atoms with Crippen LogP contribution in [-0.4, -0.2) is 75.4 Å². The molecule has 0 unspecified atom stereocenters. The van der Waals surface area contributed by atoms with E-state index in [1.54, 1.807) is 36.3 Å². The molecular formula is C22H25N3O6. The summed E-state index contributed by atoms with van der Waals surface area (Å²) in [6, 6.07) is 10.6. The highest BCUT2D eigenvalue weighted by atomic mass is 16.7. The molecule has 2 aliphatic heterocycles. The lowest BCUT2D eigenvalue weighted by atomic mass is 10.1. The first kappa shape index (κ1) is 20.8. The number of hydrogen-bond acceptors (Lipinski definition) is 7. The Hall–Kier alpha value is -3.46. The zero-order chi connectivity index (χ0) is 21.8. The zero-order valence-electron chi connectivity index (χ0n) is 17.6. The molecule has 164 valence electrons. The van der Waals surface area contributed by atoms with Crippen LogP contribution in [0, 0.1) is 0 Å². The fraction of sp³-hybridized carbons (Fsp3) is 0.364. The summed E-state index contributed by atoms with van der Waals surface area (Å²) in [6.07, 6.45) is 0. The number of ether oxygens (including phenoxy) is 4. The second kappa shape index (κ2) is 9.13. The minimum absolute atomic E-state index is 0.0633. The van der Waals surface area contributed by atoms with Gasteiger partial charge in [-0.3, -0.25) is 14.5 Å². The van der Waals surface area contributed by atoms with E-state index in [0.29, 0.717) is 60.4 Å². The molecular weight excluding hydrogens is 402 g/mol. The van der Waals surface area contributed by atoms with Gasteiger partial charge >= 0.3 is 0 Å². The Kier molecular flexibility index (Phi) is 6.13. The molecule has 0 spiro atoms. The summed E-state index contributed by atoms with van der Waals surface area (Å²) < 4.78 is 21.3. The van der Waals surface area contributed by atoms with Gasteiger partial charge in [0.25, 0.3) is 5.91 Å². The molecule has 0 bridgehead atoms. The van der Waals surface area contributed by atoms with E-state index in [1.165, 1.54) is 7.11 Å². The number of methoxy groups -OCH3 is 2. The highest BCUT2D eigenvalue weighted by Gasteiger charge is 2.25. The lowest BCUT2D eigenvalue weighted by molar-refractivity contribution is -0.117. The summed E-state index contributed by atoms with van der Waals surface area (Å²) in [5.74, 6) is 2.00. The second-order valence-corrected chi connectivity index (χ2v) is 7.22. The fourth-order valence-corrected chi connectivity index (χ4v) is 3.68. The maximum Gasteiger partial charge on any atom is 0.257 e. The van der Waals surface area contributed by atoms with Crippen molar-refractivity contribution >= 4 is 17.5 Å². The van der Waals surface area contributed by atoms with Gasteiger partial charge in [0, 0.05) is 38.3 Å². The van der Waals surface area contributed by atoms with Gasteiger partial charge in [0.2, 0.25) is 12.7 Å². The van der Waals surface area contributed by atoms with Gasteiger partial charge < -0.3 is 29.2 Å². The number of benzene rings is 2. The van der Waals surface area contributed by atoms with Gasteiger partial charge in [0.1, 0.15) is 11.5 Å². The van der Waals surface area contributed by atoms with Gasteiger partial charge in [-0.1, -0.05) is 12.1 Å². The SMILES string of the molecule is COc1cc2c(cc1NC(=O)CN1CCN(C(=O)c3ccccc3OC)CC1)OCO2. The summed E-state index contributed by atoms with van der Waals surface area (Å²) in [4.78, 5) is 29.2. The molecule has 1 fully saturated rings. The highest BCUT2D eigenvalue weighted by molar-refractivity contribution is 5.97. The molecule has 4 rings (SSSR count). The first-order chi connectivity index (χ1) is 15.1. The average molecular weight is 427 g/mol. The molecule has 2 heterocycles. The number of para-hydroxylation sites is 1. The third-order valence-corrected chi connectivity index (χ3v) is 5.33. The van der Waals surface area contributed by atoms with Crippen molar-refractivity contribution in [2.24, 2.45) is 0 Å². The van der Waals surface area contributed by atoms with Crippen molar-refractivity contribution in [3.05, 3.63) is 42.0 Å². The minimum Gasteiger partial charge on any atom is -0.496 e. The monoisotopic (exact) mass is 427 g/mol. The largest absolute Gasteiger partial charge is 0.496 e. The Morgan fingerprint density at radius 3 is 2.35 bits per heavy atom. The van der Waals surface area contributed by atoms with Crippen molar-refractivity contribution in [2.75, 3.05) is 59.1 Å². The number of nitrogens with one attached hydrogen (secondary N) is 1. The van der Waals surface area contributed by atoms with E-state index in [1.807, 2.05) is 17.0 Å². The molecule has 0 aromatic heterocycles. The molecule has 2 amide bonds. The van der Waals surface area contributed by atoms with Crippen LogP contribution in [0.2, 0.25) is 0 Å². The van der Waals surface area contributed by atoms with Gasteiger partial charge in [-0.15, -0.1) is 0 Å². The molecule has 2 aliphatic rings. The number of rotatable bonds is 6. The summed E-state index contributed by atoms with van der Waals surface area (Å²) in [5, 5.41) is 2.88. The molecule has 2 aromatic rings. The summed E-state index contributed by atoms with van der Waals surface area (Å²) in [7, 11) is 3.09. The van der Waals surface area contributed by atoms with Crippen LogP contribution in [0.3, 0.4) is 0 Å². The van der Waals surface area contributed by atoms with Crippen molar-refractivity contribution in [3.63, 3.8) is 0 Å². The van der Waals surface area contributed by atoms with Crippen LogP contribution >= 0.6 is 0 Å². The van der Waals surface area contributed by atoms with Gasteiger partial charge in [0.15, 0.2) is 11.5 Å². The van der Waals surface area contributed by atoms with Crippen LogP contribution in [-0.2, 0) is 4.79 Å². The van der Waals surface area contributed by atoms with E-state index in [0.717, 1.165) is 0 Å². The molecule has 1 N–H and O–H groups in total. The van der Waals surface area contributed by atoms with Crippen LogP contribution in [0.5, 0.6) is 23.0 Å². The quantitative estimate of drug-likeness (QED) is 0.752. The molecule has 9 nitrogen and oxygen atoms in total. The third kappa shape index (κ3) is 4.51. The van der Waals surface area contributed by atoms with Crippen LogP contribution in [0.4, 0.5) is 5.69 Å². The Morgan fingerprint density at radius 2 is 1.65 bits per heavy atom. The summed E-state index contributed by atoms with van der Waals surface area (Å²) >= 11 is 0. The van der Waals surface area contributed by atoms with Crippen molar-refractivity contribution in [2.45, 2.75) is 0 Å². The molecule has 1 saturated heterocycles. The normalized spacial score (nSPS) is 15.5. The predicted molar refractivity (Wildman–Crippen MR) is 113 cm³/mol. The number of nitrogens with zero attached hydrogens (tertiary/aromatic N) is 2. The molecule has 9 heteroatoms. The van der Waals surface area contributed by atoms with Crippen molar-refractivity contribution in [1.29, 1.82) is 0 Å². The van der Waals surface area contributed by atoms with Gasteiger partial charge in [0.05, 0.1) is 32.0 Å². The highest BCUT2D eigenvalue weighted by Crippen LogP contribution is 2.40. The Balaban J connectivity index is 1.32. The van der Waals surface area contributed by atoms with Gasteiger partial charge in [-0.25, -0.2) is 0 Å². The standard InChI is InChI=1S/C22H25N3O6/c1-28-17-6-4-3-5-15(17)22(27)25-9-7-24(8-10-25)13-21(26)23-16-11-19-20(31-14-30-19)12-18(16)29-2/h3-6,11-12H,7-10,13-14H2,1-2H3,(H,23,26). The second-order valence-electron chi connectivity index (χ2n) is 7.22. The Morgan fingerprint density at radius 1 is 0.968 bits per heavy atom. The first-order valence-corrected chi connectivity index (χ1v) is 10.0. The molecule has 0 saturated carbocycles. The zero-order valence-corrected chi connectivity index (χ0v) is 17.6. The van der Waals surface area contributed by atoms with E-state index < -0.39 is 0 Å². The number of fused-ring (bicyclic) bond motifs is 1. The van der Waals surface area contributed by atoms with Gasteiger partial charge in [-0.2, -0.15) is 0 Å². The fourth-order valence-electron chi connectivity index (χ4n) is 3.68. The van der Waals surface area contributed by atoms with E-state index >= 15 is 0 Å². The van der Waals surface area contributed by atoms with E-state index in [9.17, 15) is 9.59 Å². The van der Waals surface area contributed by atoms with E-state index in [-0.39, 0.29) is 25.2 Å². The maximum absolute atomic E-state index is 12.8. The molecule has 2 aromatic carbocycles. The molecule has 31 heavy (non-hydrogen) atoms. The predicted octanol–water partition coefficient (Wildman–Crippen LogP) is 1.83. The van der Waals surface area contributed by atoms with Crippen LogP contribution in [0.25, 0.3) is 0 Å². The van der Waals surface area contributed by atoms with Crippen molar-refractivity contribution in [3.8, 4) is 23.0 Å². The van der Waals surface area contributed by atoms with E-state index in [4.69, 9.17) is 18.9 Å². The molecule has 0 atom stereocenters. The topological polar surface area (TPSA) is 89.6 Å². The summed E-state index contributed by atoms with van der Waals surface area (Å²) in [6.45, 7) is 2.65. The van der Waals surface area contributed by atoms with Crippen molar-refractivity contribution < 1.29 is 28.5 Å². The van der Waals surface area contributed by atoms with Crippen LogP contribution < -0.4 is 24.3 Å². The average Bonchev–Trinajstić information content (AvgIpc) is 3.25. The number of anilines is 1. The Bertz CT molecular complexity index is 972. The lowest BCUT2D eigenvalue weighted by Gasteiger charge is -2.34. The number of amides is 2. The lowest BCUT2D eigenvalue weighted by Crippen LogP contribution is -2.50. The number of carbonyl (C=O) groups is 2. The number of hydrogen-bond donors (Lipinski definition) is 1. The first-order valence-electron chi connectivity index (χ1n) is 10.0. The summed E-state index contributed by atoms with van der Waals surface area (Å²) in [5.41, 5.74) is 1.08. The number of piperazine rings is 1. The minimum atomic E-state index is -0.165. The molecule has 0 aliphatic carbocycles.